The number of phenolic OH excluding ortho intramolecular Hbond substituents is 2. The summed E-state index contributed by atoms with van der Waals surface area (Å²) in [5.74, 6) is -1.04. The molecule has 0 unspecified atom stereocenters. The highest BCUT2D eigenvalue weighted by atomic mass is 32.2. The average Bonchev–Trinajstić information content (AvgIpc) is 2.99. The predicted molar refractivity (Wildman–Crippen MR) is 168 cm³/mol. The van der Waals surface area contributed by atoms with Gasteiger partial charge in [0.2, 0.25) is 0 Å². The normalized spacial score (nSPS) is 12.6. The largest absolute Gasteiger partial charge is 0.506 e. The molecule has 0 fully saturated rings. The molecule has 0 aliphatic heterocycles. The Morgan fingerprint density at radius 1 is 0.543 bits per heavy atom. The number of aromatic hydroxyl groups is 2. The average molecular weight is 663 g/mol. The quantitative estimate of drug-likeness (QED) is 0.0554. The van der Waals surface area contributed by atoms with Crippen molar-refractivity contribution in [2.45, 2.75) is 9.79 Å². The van der Waals surface area contributed by atoms with Crippen LogP contribution in [0.5, 0.6) is 11.5 Å². The lowest BCUT2D eigenvalue weighted by Gasteiger charge is -2.14. The van der Waals surface area contributed by atoms with Gasteiger partial charge in [-0.2, -0.15) is 32.2 Å². The Hall–Kier alpha value is -5.82. The third-order valence-electron chi connectivity index (χ3n) is 6.32. The fourth-order valence-corrected chi connectivity index (χ4v) is 5.49. The first-order valence-electron chi connectivity index (χ1n) is 12.8. The molecule has 0 saturated carbocycles. The second-order valence-electron chi connectivity index (χ2n) is 9.42. The molecule has 0 heterocycles. The summed E-state index contributed by atoms with van der Waals surface area (Å²) in [5, 5.41) is 43.9. The Morgan fingerprint density at radius 3 is 1.54 bits per heavy atom. The summed E-state index contributed by atoms with van der Waals surface area (Å²) in [6.07, 6.45) is 0. The number of azo groups is 3. The Bertz CT molecular complexity index is 2270. The van der Waals surface area contributed by atoms with Crippen LogP contribution in [0.15, 0.2) is 125 Å². The molecular formula is C28H22N8O8S2. The Morgan fingerprint density at radius 2 is 1.02 bits per heavy atom. The van der Waals surface area contributed by atoms with Gasteiger partial charge in [-0.05, 0) is 66.0 Å². The minimum Gasteiger partial charge on any atom is -0.506 e. The predicted octanol–water partition coefficient (Wildman–Crippen LogP) is 7.16. The van der Waals surface area contributed by atoms with Crippen molar-refractivity contribution in [2.24, 2.45) is 30.7 Å². The number of rotatable bonds is 8. The van der Waals surface area contributed by atoms with Crippen LogP contribution in [-0.4, -0.2) is 36.2 Å². The van der Waals surface area contributed by atoms with E-state index in [4.69, 9.17) is 11.5 Å². The van der Waals surface area contributed by atoms with Crippen LogP contribution in [0.4, 0.5) is 45.5 Å². The topological polar surface area (TPSA) is 275 Å². The Kier molecular flexibility index (Phi) is 8.44. The molecule has 0 saturated heterocycles. The van der Waals surface area contributed by atoms with Gasteiger partial charge in [-0.3, -0.25) is 9.11 Å². The first kappa shape index (κ1) is 31.6. The highest BCUT2D eigenvalue weighted by Crippen LogP contribution is 2.48. The van der Waals surface area contributed by atoms with Crippen molar-refractivity contribution in [3.8, 4) is 11.5 Å². The third kappa shape index (κ3) is 6.64. The Labute approximate surface area is 260 Å². The van der Waals surface area contributed by atoms with Crippen molar-refractivity contribution >= 4 is 76.5 Å². The molecule has 5 aromatic rings. The highest BCUT2D eigenvalue weighted by Gasteiger charge is 2.28. The molecule has 234 valence electrons. The van der Waals surface area contributed by atoms with Crippen molar-refractivity contribution in [3.05, 3.63) is 84.9 Å². The van der Waals surface area contributed by atoms with Crippen molar-refractivity contribution in [1.29, 1.82) is 0 Å². The van der Waals surface area contributed by atoms with Gasteiger partial charge >= 0.3 is 0 Å². The number of anilines is 2. The maximum Gasteiger partial charge on any atom is 0.296 e. The van der Waals surface area contributed by atoms with Crippen LogP contribution in [0, 0.1) is 0 Å². The maximum absolute atomic E-state index is 12.3. The number of phenols is 2. The summed E-state index contributed by atoms with van der Waals surface area (Å²) in [5.41, 5.74) is 11.3. The van der Waals surface area contributed by atoms with Crippen molar-refractivity contribution in [1.82, 2.24) is 0 Å². The van der Waals surface area contributed by atoms with E-state index in [0.717, 1.165) is 12.1 Å². The van der Waals surface area contributed by atoms with Gasteiger partial charge in [-0.25, -0.2) is 0 Å². The smallest absolute Gasteiger partial charge is 0.296 e. The number of benzene rings is 5. The molecule has 16 nitrogen and oxygen atoms in total. The van der Waals surface area contributed by atoms with E-state index < -0.39 is 52.8 Å². The second-order valence-corrected chi connectivity index (χ2v) is 12.2. The molecule has 18 heteroatoms. The number of nitrogens with two attached hydrogens (primary N) is 2. The summed E-state index contributed by atoms with van der Waals surface area (Å²) >= 11 is 0. The van der Waals surface area contributed by atoms with Crippen molar-refractivity contribution in [2.75, 3.05) is 11.5 Å². The van der Waals surface area contributed by atoms with Gasteiger partial charge in [0.15, 0.2) is 11.4 Å². The minimum atomic E-state index is -5.04. The summed E-state index contributed by atoms with van der Waals surface area (Å²) in [6, 6.07) is 20.0. The first-order valence-corrected chi connectivity index (χ1v) is 15.7. The molecule has 0 atom stereocenters. The van der Waals surface area contributed by atoms with Crippen LogP contribution in [0.2, 0.25) is 0 Å². The second kappa shape index (κ2) is 12.3. The van der Waals surface area contributed by atoms with Crippen LogP contribution in [0.1, 0.15) is 0 Å². The third-order valence-corrected chi connectivity index (χ3v) is 8.05. The molecule has 5 aromatic carbocycles. The van der Waals surface area contributed by atoms with Crippen LogP contribution < -0.4 is 11.5 Å². The number of fused-ring (bicyclic) bond motifs is 1. The summed E-state index contributed by atoms with van der Waals surface area (Å²) in [6.45, 7) is 0. The maximum atomic E-state index is 12.3. The van der Waals surface area contributed by atoms with Gasteiger partial charge in [0.25, 0.3) is 20.2 Å². The summed E-state index contributed by atoms with van der Waals surface area (Å²) in [7, 11) is -10.1. The van der Waals surface area contributed by atoms with Gasteiger partial charge in [0.1, 0.15) is 26.9 Å². The molecule has 0 aliphatic carbocycles. The van der Waals surface area contributed by atoms with E-state index in [9.17, 15) is 36.2 Å². The van der Waals surface area contributed by atoms with E-state index in [1.165, 1.54) is 30.3 Å². The molecule has 0 bridgehead atoms. The van der Waals surface area contributed by atoms with Crippen LogP contribution in [-0.2, 0) is 20.2 Å². The van der Waals surface area contributed by atoms with Crippen LogP contribution in [0.3, 0.4) is 0 Å². The lowest BCUT2D eigenvalue weighted by atomic mass is 10.1. The fraction of sp³-hybridized carbons (Fsp3) is 0. The van der Waals surface area contributed by atoms with Gasteiger partial charge < -0.3 is 21.7 Å². The molecule has 5 rings (SSSR count). The Balaban J connectivity index is 1.59. The summed E-state index contributed by atoms with van der Waals surface area (Å²) in [4.78, 5) is -1.78. The van der Waals surface area contributed by atoms with E-state index in [1.807, 2.05) is 0 Å². The van der Waals surface area contributed by atoms with Gasteiger partial charge in [-0.1, -0.05) is 24.3 Å². The number of nitrogens with zero attached hydrogens (tertiary/aromatic N) is 6. The monoisotopic (exact) mass is 662 g/mol. The molecule has 0 aromatic heterocycles. The van der Waals surface area contributed by atoms with Gasteiger partial charge in [0, 0.05) is 0 Å². The molecule has 8 N–H and O–H groups in total. The number of nitrogen functional groups attached to an aromatic ring is 2. The molecule has 0 radical (unpaired) electrons. The van der Waals surface area contributed by atoms with E-state index in [1.54, 1.807) is 42.5 Å². The lowest BCUT2D eigenvalue weighted by Crippen LogP contribution is -2.03. The van der Waals surface area contributed by atoms with Crippen LogP contribution >= 0.6 is 0 Å². The lowest BCUT2D eigenvalue weighted by molar-refractivity contribution is 0.472. The fourth-order valence-electron chi connectivity index (χ4n) is 4.17. The van der Waals surface area contributed by atoms with Crippen LogP contribution in [0.25, 0.3) is 10.8 Å². The van der Waals surface area contributed by atoms with E-state index in [-0.39, 0.29) is 39.3 Å². The zero-order valence-corrected chi connectivity index (χ0v) is 24.8. The SMILES string of the molecule is Nc1cccc(O)c1N=Nc1ccc(N=Nc2c(S(=O)(=O)O)cc3cc(S(=O)(=O)O)c(N=Nc4ccccc4)c(O)c3c2N)cc1. The molecule has 46 heavy (non-hydrogen) atoms. The zero-order valence-electron chi connectivity index (χ0n) is 23.2. The zero-order chi connectivity index (χ0) is 33.2. The summed E-state index contributed by atoms with van der Waals surface area (Å²) < 4.78 is 68.8. The minimum absolute atomic E-state index is 0.0763. The molecule has 0 aliphatic rings. The van der Waals surface area contributed by atoms with E-state index in [2.05, 4.69) is 30.7 Å². The van der Waals surface area contributed by atoms with Gasteiger partial charge in [0.05, 0.1) is 33.8 Å². The molecular weight excluding hydrogens is 640 g/mol. The van der Waals surface area contributed by atoms with Crippen molar-refractivity contribution in [3.63, 3.8) is 0 Å². The van der Waals surface area contributed by atoms with Gasteiger partial charge in [-0.15, -0.1) is 15.3 Å². The molecule has 0 spiro atoms. The van der Waals surface area contributed by atoms with E-state index in [0.29, 0.717) is 5.69 Å². The molecule has 0 amide bonds. The first-order chi connectivity index (χ1) is 21.7. The standard InChI is InChI=1S/C28H22N8O8S2/c29-19-7-4-8-20(37)25(19)34-32-17-9-11-18(12-10-17)33-35-26-21(45(39,40)41)13-15-14-22(46(42,43)44)27(28(38)23(15)24(26)30)36-31-16-5-2-1-3-6-16/h1-14,37-38H,29-30H2,(H,39,40,41)(H,42,43,44). The van der Waals surface area contributed by atoms with E-state index >= 15 is 0 Å². The highest BCUT2D eigenvalue weighted by molar-refractivity contribution is 7.86. The number of hydrogen-bond donors (Lipinski definition) is 6. The number of hydrogen-bond acceptors (Lipinski definition) is 14. The van der Waals surface area contributed by atoms with Crippen molar-refractivity contribution < 1.29 is 36.2 Å².